The van der Waals surface area contributed by atoms with Crippen LogP contribution in [0.2, 0.25) is 0 Å². The van der Waals surface area contributed by atoms with Crippen LogP contribution in [0.4, 0.5) is 0 Å². The minimum atomic E-state index is 0.463. The van der Waals surface area contributed by atoms with Crippen LogP contribution in [0.25, 0.3) is 0 Å². The summed E-state index contributed by atoms with van der Waals surface area (Å²) in [5, 5.41) is 5.14. The lowest BCUT2D eigenvalue weighted by Gasteiger charge is -1.99. The Hall–Kier alpha value is -0.670. The summed E-state index contributed by atoms with van der Waals surface area (Å²) >= 11 is 1.78. The van der Waals surface area contributed by atoms with Gasteiger partial charge in [0, 0.05) is 11.4 Å². The average Bonchev–Trinajstić information content (AvgIpc) is 2.46. The molecule has 0 saturated heterocycles. The minimum Gasteiger partial charge on any atom is -0.310 e. The van der Waals surface area contributed by atoms with Crippen LogP contribution in [0, 0.1) is 6.92 Å². The van der Waals surface area contributed by atoms with Gasteiger partial charge in [-0.1, -0.05) is 0 Å². The van der Waals surface area contributed by atoms with Crippen molar-refractivity contribution in [2.45, 2.75) is 13.3 Å². The van der Waals surface area contributed by atoms with E-state index < -0.39 is 0 Å². The molecule has 2 nitrogen and oxygen atoms in total. The Morgan fingerprint density at radius 2 is 2.50 bits per heavy atom. The predicted molar refractivity (Wildman–Crippen MR) is 51.7 cm³/mol. The molecule has 12 heavy (non-hydrogen) atoms. The van der Waals surface area contributed by atoms with Crippen molar-refractivity contribution in [3.05, 3.63) is 21.9 Å². The van der Waals surface area contributed by atoms with Crippen LogP contribution in [-0.4, -0.2) is 19.4 Å². The minimum absolute atomic E-state index is 0.463. The molecule has 1 aromatic heterocycles. The average molecular weight is 183 g/mol. The molecular weight excluding hydrogens is 170 g/mol. The molecule has 0 unspecified atom stereocenters. The van der Waals surface area contributed by atoms with E-state index in [2.05, 4.69) is 23.7 Å². The Morgan fingerprint density at radius 1 is 1.67 bits per heavy atom. The van der Waals surface area contributed by atoms with Crippen LogP contribution < -0.4 is 5.32 Å². The van der Waals surface area contributed by atoms with Crippen molar-refractivity contribution in [1.29, 1.82) is 0 Å². The fourth-order valence-electron chi connectivity index (χ4n) is 1.02. The largest absolute Gasteiger partial charge is 0.310 e. The van der Waals surface area contributed by atoms with Gasteiger partial charge in [-0.05, 0) is 30.4 Å². The molecule has 0 fully saturated rings. The summed E-state index contributed by atoms with van der Waals surface area (Å²) in [5.74, 6) is 0. The molecule has 1 heterocycles. The van der Waals surface area contributed by atoms with Crippen LogP contribution >= 0.6 is 11.3 Å². The monoisotopic (exact) mass is 183 g/mol. The maximum atomic E-state index is 9.97. The van der Waals surface area contributed by atoms with Gasteiger partial charge in [0.25, 0.3) is 0 Å². The third-order valence-electron chi connectivity index (χ3n) is 1.72. The molecule has 0 spiro atoms. The van der Waals surface area contributed by atoms with E-state index >= 15 is 0 Å². The first-order valence-electron chi connectivity index (χ1n) is 4.02. The first-order chi connectivity index (χ1) is 5.84. The maximum Gasteiger partial charge on any atom is 0.133 e. The van der Waals surface area contributed by atoms with Crippen molar-refractivity contribution in [3.8, 4) is 0 Å². The van der Waals surface area contributed by atoms with Gasteiger partial charge in [-0.25, -0.2) is 0 Å². The Kier molecular flexibility index (Phi) is 3.97. The molecule has 0 radical (unpaired) electrons. The number of thiophene rings is 1. The zero-order valence-corrected chi connectivity index (χ0v) is 7.99. The van der Waals surface area contributed by atoms with Crippen LogP contribution in [0.15, 0.2) is 11.4 Å². The van der Waals surface area contributed by atoms with Gasteiger partial charge in [-0.3, -0.25) is 0 Å². The van der Waals surface area contributed by atoms with Crippen LogP contribution in [-0.2, 0) is 11.2 Å². The fourth-order valence-corrected chi connectivity index (χ4v) is 1.93. The molecule has 0 aromatic carbocycles. The number of aldehydes is 1. The topological polar surface area (TPSA) is 29.1 Å². The molecule has 0 saturated carbocycles. The lowest BCUT2D eigenvalue weighted by Crippen LogP contribution is -2.19. The SMILES string of the molecule is Cc1ccsc1CCNCC=O. The summed E-state index contributed by atoms with van der Waals surface area (Å²) in [7, 11) is 0. The van der Waals surface area contributed by atoms with Gasteiger partial charge in [0.2, 0.25) is 0 Å². The third-order valence-corrected chi connectivity index (χ3v) is 2.81. The molecule has 0 aliphatic heterocycles. The van der Waals surface area contributed by atoms with Crippen molar-refractivity contribution in [3.63, 3.8) is 0 Å². The highest BCUT2D eigenvalue weighted by atomic mass is 32.1. The van der Waals surface area contributed by atoms with E-state index in [4.69, 9.17) is 0 Å². The maximum absolute atomic E-state index is 9.97. The Bertz CT molecular complexity index is 244. The second-order valence-corrected chi connectivity index (χ2v) is 3.65. The van der Waals surface area contributed by atoms with Crippen molar-refractivity contribution in [2.75, 3.05) is 13.1 Å². The van der Waals surface area contributed by atoms with E-state index in [1.54, 1.807) is 11.3 Å². The molecule has 66 valence electrons. The van der Waals surface area contributed by atoms with E-state index in [1.807, 2.05) is 0 Å². The van der Waals surface area contributed by atoms with Gasteiger partial charge in [0.1, 0.15) is 6.29 Å². The normalized spacial score (nSPS) is 10.1. The summed E-state index contributed by atoms with van der Waals surface area (Å²) in [6, 6.07) is 2.12. The smallest absolute Gasteiger partial charge is 0.133 e. The lowest BCUT2D eigenvalue weighted by molar-refractivity contribution is -0.107. The molecular formula is C9H13NOS. The fraction of sp³-hybridized carbons (Fsp3) is 0.444. The zero-order valence-electron chi connectivity index (χ0n) is 7.17. The lowest BCUT2D eigenvalue weighted by atomic mass is 10.2. The molecule has 1 aromatic rings. The van der Waals surface area contributed by atoms with Crippen LogP contribution in [0.3, 0.4) is 0 Å². The Morgan fingerprint density at radius 3 is 3.08 bits per heavy atom. The highest BCUT2D eigenvalue weighted by Crippen LogP contribution is 2.15. The summed E-state index contributed by atoms with van der Waals surface area (Å²) in [4.78, 5) is 11.4. The molecule has 1 N–H and O–H groups in total. The second kappa shape index (κ2) is 5.06. The molecule has 3 heteroatoms. The quantitative estimate of drug-likeness (QED) is 0.552. The number of hydrogen-bond acceptors (Lipinski definition) is 3. The van der Waals surface area contributed by atoms with E-state index in [0.29, 0.717) is 6.54 Å². The van der Waals surface area contributed by atoms with E-state index in [0.717, 1.165) is 19.3 Å². The predicted octanol–water partition coefficient (Wildman–Crippen LogP) is 1.39. The first kappa shape index (κ1) is 9.42. The third kappa shape index (κ3) is 2.75. The number of rotatable bonds is 5. The summed E-state index contributed by atoms with van der Waals surface area (Å²) in [5.41, 5.74) is 1.35. The van der Waals surface area contributed by atoms with Gasteiger partial charge in [-0.2, -0.15) is 0 Å². The van der Waals surface area contributed by atoms with Gasteiger partial charge in [0.15, 0.2) is 0 Å². The Balaban J connectivity index is 2.24. The highest BCUT2D eigenvalue weighted by Gasteiger charge is 1.97. The number of carbonyl (C=O) groups is 1. The van der Waals surface area contributed by atoms with E-state index in [9.17, 15) is 4.79 Å². The van der Waals surface area contributed by atoms with Crippen LogP contribution in [0.1, 0.15) is 10.4 Å². The molecule has 1 rings (SSSR count). The van der Waals surface area contributed by atoms with E-state index in [1.165, 1.54) is 10.4 Å². The van der Waals surface area contributed by atoms with Gasteiger partial charge >= 0.3 is 0 Å². The molecule has 0 aliphatic carbocycles. The van der Waals surface area contributed by atoms with Gasteiger partial charge in [0.05, 0.1) is 6.54 Å². The number of carbonyl (C=O) groups excluding carboxylic acids is 1. The van der Waals surface area contributed by atoms with E-state index in [-0.39, 0.29) is 0 Å². The molecule has 0 bridgehead atoms. The van der Waals surface area contributed by atoms with Crippen LogP contribution in [0.5, 0.6) is 0 Å². The van der Waals surface area contributed by atoms with Crippen molar-refractivity contribution in [2.24, 2.45) is 0 Å². The van der Waals surface area contributed by atoms with Crippen molar-refractivity contribution < 1.29 is 4.79 Å². The number of hydrogen-bond donors (Lipinski definition) is 1. The zero-order chi connectivity index (χ0) is 8.81. The number of nitrogens with one attached hydrogen (secondary N) is 1. The van der Waals surface area contributed by atoms with Crippen molar-refractivity contribution in [1.82, 2.24) is 5.32 Å². The summed E-state index contributed by atoms with van der Waals surface area (Å²) in [6.07, 6.45) is 1.92. The molecule has 0 amide bonds. The number of aryl methyl sites for hydroxylation is 1. The molecule has 0 atom stereocenters. The van der Waals surface area contributed by atoms with Gasteiger partial charge in [-0.15, -0.1) is 11.3 Å². The summed E-state index contributed by atoms with van der Waals surface area (Å²) in [6.45, 7) is 3.47. The Labute approximate surface area is 76.6 Å². The standard InChI is InChI=1S/C9H13NOS/c1-8-3-7-12-9(8)2-4-10-5-6-11/h3,6-7,10H,2,4-5H2,1H3. The first-order valence-corrected chi connectivity index (χ1v) is 4.90. The van der Waals surface area contributed by atoms with Crippen molar-refractivity contribution >= 4 is 17.6 Å². The molecule has 0 aliphatic rings. The highest BCUT2D eigenvalue weighted by molar-refractivity contribution is 7.10. The summed E-state index contributed by atoms with van der Waals surface area (Å²) < 4.78 is 0. The second-order valence-electron chi connectivity index (χ2n) is 2.65. The van der Waals surface area contributed by atoms with Gasteiger partial charge < -0.3 is 10.1 Å².